The first kappa shape index (κ1) is 22.4. The number of nitrogens with zero attached hydrogens (tertiary/aromatic N) is 4. The van der Waals surface area contributed by atoms with Crippen LogP contribution in [0.1, 0.15) is 19.2 Å². The highest BCUT2D eigenvalue weighted by Gasteiger charge is 2.17. The summed E-state index contributed by atoms with van der Waals surface area (Å²) in [5, 5.41) is 11.0. The highest BCUT2D eigenvalue weighted by Crippen LogP contribution is 2.25. The molecule has 3 aromatic carbocycles. The lowest BCUT2D eigenvalue weighted by molar-refractivity contribution is -0.116. The van der Waals surface area contributed by atoms with Gasteiger partial charge in [-0.1, -0.05) is 48.5 Å². The van der Waals surface area contributed by atoms with Crippen molar-refractivity contribution in [2.45, 2.75) is 19.9 Å². The van der Waals surface area contributed by atoms with Gasteiger partial charge in [-0.05, 0) is 36.6 Å². The van der Waals surface area contributed by atoms with Crippen molar-refractivity contribution in [1.82, 2.24) is 14.5 Å². The van der Waals surface area contributed by atoms with Crippen molar-refractivity contribution in [3.05, 3.63) is 89.0 Å². The van der Waals surface area contributed by atoms with E-state index in [2.05, 4.69) is 0 Å². The smallest absolute Gasteiger partial charge is 0.259 e. The molecule has 2 aromatic heterocycles. The number of para-hydroxylation sites is 2. The van der Waals surface area contributed by atoms with Gasteiger partial charge in [0.15, 0.2) is 11.6 Å². The molecule has 0 fully saturated rings. The minimum Gasteiger partial charge on any atom is -0.352 e. The summed E-state index contributed by atoms with van der Waals surface area (Å²) in [7, 11) is 1.81. The molecule has 35 heavy (non-hydrogen) atoms. The first-order valence-corrected chi connectivity index (χ1v) is 11.4. The molecule has 0 atom stereocenters. The number of nitrogens with one attached hydrogen (secondary N) is 1. The summed E-state index contributed by atoms with van der Waals surface area (Å²) in [4.78, 5) is 37.3. The molecule has 0 aliphatic carbocycles. The SMILES string of the molecule is CC(=N)CC(=O)CN(C)c1nc(Cn2c(=O)c3ccccc3c3ccccc32)nc2ccccc12. The largest absolute Gasteiger partial charge is 0.352 e. The highest BCUT2D eigenvalue weighted by molar-refractivity contribution is 6.05. The molecular formula is C28H25N5O2. The first-order valence-electron chi connectivity index (χ1n) is 11.4. The number of fused-ring (bicyclic) bond motifs is 4. The van der Waals surface area contributed by atoms with Crippen molar-refractivity contribution >= 4 is 49.9 Å². The van der Waals surface area contributed by atoms with Gasteiger partial charge >= 0.3 is 0 Å². The van der Waals surface area contributed by atoms with Crippen molar-refractivity contribution in [2.75, 3.05) is 18.5 Å². The Labute approximate surface area is 202 Å². The Bertz CT molecular complexity index is 1670. The molecule has 0 aliphatic rings. The van der Waals surface area contributed by atoms with Gasteiger partial charge in [-0.3, -0.25) is 9.59 Å². The number of hydrogen-bond acceptors (Lipinski definition) is 6. The fraction of sp³-hybridized carbons (Fsp3) is 0.179. The Hall–Kier alpha value is -4.39. The fourth-order valence-corrected chi connectivity index (χ4v) is 4.55. The van der Waals surface area contributed by atoms with Crippen LogP contribution in [-0.2, 0) is 11.3 Å². The monoisotopic (exact) mass is 463 g/mol. The Morgan fingerprint density at radius 3 is 2.26 bits per heavy atom. The number of carbonyl (C=O) groups is 1. The summed E-state index contributed by atoms with van der Waals surface area (Å²) >= 11 is 0. The lowest BCUT2D eigenvalue weighted by Crippen LogP contribution is -2.28. The summed E-state index contributed by atoms with van der Waals surface area (Å²) in [6, 6.07) is 23.1. The van der Waals surface area contributed by atoms with Crippen LogP contribution in [0.5, 0.6) is 0 Å². The molecule has 0 unspecified atom stereocenters. The quantitative estimate of drug-likeness (QED) is 0.282. The Morgan fingerprint density at radius 1 is 0.886 bits per heavy atom. The Balaban J connectivity index is 1.64. The fourth-order valence-electron chi connectivity index (χ4n) is 4.55. The Kier molecular flexibility index (Phi) is 5.82. The minimum atomic E-state index is -0.0948. The van der Waals surface area contributed by atoms with Crippen LogP contribution in [0, 0.1) is 5.41 Å². The van der Waals surface area contributed by atoms with Crippen molar-refractivity contribution in [1.29, 1.82) is 5.41 Å². The normalized spacial score (nSPS) is 11.3. The summed E-state index contributed by atoms with van der Waals surface area (Å²) in [5.74, 6) is 1.06. The van der Waals surface area contributed by atoms with Gasteiger partial charge in [0, 0.05) is 35.3 Å². The molecule has 0 amide bonds. The third kappa shape index (κ3) is 4.28. The number of likely N-dealkylation sites (N-methyl/N-ethyl adjacent to an activating group) is 1. The number of hydrogen-bond donors (Lipinski definition) is 1. The maximum Gasteiger partial charge on any atom is 0.259 e. The van der Waals surface area contributed by atoms with Crippen LogP contribution in [0.2, 0.25) is 0 Å². The van der Waals surface area contributed by atoms with Crippen molar-refractivity contribution < 1.29 is 4.79 Å². The first-order chi connectivity index (χ1) is 16.9. The second-order valence-corrected chi connectivity index (χ2v) is 8.79. The van der Waals surface area contributed by atoms with Crippen LogP contribution in [0.4, 0.5) is 5.82 Å². The van der Waals surface area contributed by atoms with E-state index in [-0.39, 0.29) is 30.9 Å². The molecular weight excluding hydrogens is 438 g/mol. The van der Waals surface area contributed by atoms with E-state index < -0.39 is 0 Å². The second kappa shape index (κ2) is 9.10. The number of aromatic nitrogens is 3. The highest BCUT2D eigenvalue weighted by atomic mass is 16.1. The number of anilines is 1. The molecule has 0 saturated heterocycles. The van der Waals surface area contributed by atoms with Crippen molar-refractivity contribution in [3.63, 3.8) is 0 Å². The number of pyridine rings is 1. The molecule has 5 rings (SSSR count). The molecule has 2 heterocycles. The van der Waals surface area contributed by atoms with Gasteiger partial charge in [0.25, 0.3) is 5.56 Å². The van der Waals surface area contributed by atoms with Crippen molar-refractivity contribution in [3.8, 4) is 0 Å². The number of rotatable bonds is 7. The van der Waals surface area contributed by atoms with Crippen LogP contribution in [0.25, 0.3) is 32.6 Å². The van der Waals surface area contributed by atoms with E-state index in [1.54, 1.807) is 16.4 Å². The van der Waals surface area contributed by atoms with Gasteiger partial charge < -0.3 is 14.9 Å². The predicted molar refractivity (Wildman–Crippen MR) is 141 cm³/mol. The summed E-state index contributed by atoms with van der Waals surface area (Å²) in [6.07, 6.45) is 0.110. The average Bonchev–Trinajstić information content (AvgIpc) is 2.85. The zero-order valence-electron chi connectivity index (χ0n) is 19.7. The zero-order valence-corrected chi connectivity index (χ0v) is 19.7. The van der Waals surface area contributed by atoms with Gasteiger partial charge in [0.1, 0.15) is 5.82 Å². The number of benzene rings is 3. The molecule has 7 heteroatoms. The number of carbonyl (C=O) groups excluding carboxylic acids is 1. The van der Waals surface area contributed by atoms with Crippen molar-refractivity contribution in [2.24, 2.45) is 0 Å². The van der Waals surface area contributed by atoms with E-state index in [1.165, 1.54) is 0 Å². The van der Waals surface area contributed by atoms with Gasteiger partial charge in [-0.2, -0.15) is 0 Å². The molecule has 0 bridgehead atoms. The second-order valence-electron chi connectivity index (χ2n) is 8.79. The molecule has 0 saturated carbocycles. The summed E-state index contributed by atoms with van der Waals surface area (Å²) in [6.45, 7) is 1.96. The third-order valence-corrected chi connectivity index (χ3v) is 6.05. The molecule has 0 radical (unpaired) electrons. The topological polar surface area (TPSA) is 91.9 Å². The lowest BCUT2D eigenvalue weighted by atomic mass is 10.1. The van der Waals surface area contributed by atoms with Crippen LogP contribution in [0.3, 0.4) is 0 Å². The van der Waals surface area contributed by atoms with Crippen LogP contribution < -0.4 is 10.5 Å². The zero-order chi connectivity index (χ0) is 24.5. The molecule has 0 aliphatic heterocycles. The molecule has 5 aromatic rings. The van der Waals surface area contributed by atoms with Crippen LogP contribution in [-0.4, -0.2) is 39.6 Å². The molecule has 174 valence electrons. The van der Waals surface area contributed by atoms with Gasteiger partial charge in [-0.25, -0.2) is 9.97 Å². The number of Topliss-reactive ketones (excluding diaryl/α,β-unsaturated/α-hetero) is 1. The van der Waals surface area contributed by atoms with E-state index in [9.17, 15) is 9.59 Å². The maximum atomic E-state index is 13.5. The van der Waals surface area contributed by atoms with Gasteiger partial charge in [0.2, 0.25) is 0 Å². The standard InChI is InChI=1S/C28H25N5O2/c1-18(29)15-19(34)16-32(2)27-23-12-5-7-13-24(23)30-26(31-27)17-33-25-14-8-6-10-21(25)20-9-3-4-11-22(20)28(33)35/h3-14,29H,15-17H2,1-2H3. The van der Waals surface area contributed by atoms with E-state index in [0.717, 1.165) is 27.2 Å². The third-order valence-electron chi connectivity index (χ3n) is 6.05. The van der Waals surface area contributed by atoms with E-state index in [4.69, 9.17) is 15.4 Å². The number of ketones is 1. The summed E-state index contributed by atoms with van der Waals surface area (Å²) in [5.41, 5.74) is 1.80. The van der Waals surface area contributed by atoms with E-state index in [1.807, 2.05) is 79.8 Å². The molecule has 7 nitrogen and oxygen atoms in total. The van der Waals surface area contributed by atoms with Crippen LogP contribution >= 0.6 is 0 Å². The predicted octanol–water partition coefficient (Wildman–Crippen LogP) is 4.58. The maximum absolute atomic E-state index is 13.5. The van der Waals surface area contributed by atoms with Gasteiger partial charge in [0.05, 0.1) is 24.1 Å². The van der Waals surface area contributed by atoms with Gasteiger partial charge in [-0.15, -0.1) is 0 Å². The minimum absolute atomic E-state index is 0.0546. The van der Waals surface area contributed by atoms with E-state index >= 15 is 0 Å². The molecule has 0 spiro atoms. The van der Waals surface area contributed by atoms with Crippen LogP contribution in [0.15, 0.2) is 77.6 Å². The lowest BCUT2D eigenvalue weighted by Gasteiger charge is -2.20. The van der Waals surface area contributed by atoms with E-state index in [0.29, 0.717) is 22.7 Å². The Morgan fingerprint density at radius 2 is 1.51 bits per heavy atom. The summed E-state index contributed by atoms with van der Waals surface area (Å²) < 4.78 is 1.72. The average molecular weight is 464 g/mol. The molecule has 1 N–H and O–H groups in total.